The number of hydrogen-bond donors (Lipinski definition) is 1. The van der Waals surface area contributed by atoms with Crippen LogP contribution in [0.1, 0.15) is 38.3 Å². The van der Waals surface area contributed by atoms with Gasteiger partial charge in [0.1, 0.15) is 11.9 Å². The summed E-state index contributed by atoms with van der Waals surface area (Å²) < 4.78 is 13.2. The van der Waals surface area contributed by atoms with Gasteiger partial charge in [-0.25, -0.2) is 4.39 Å². The molecule has 4 nitrogen and oxygen atoms in total. The lowest BCUT2D eigenvalue weighted by Gasteiger charge is -2.29. The number of carbonyl (C=O) groups excluding carboxylic acids is 2. The normalized spacial score (nSPS) is 11.9. The maximum Gasteiger partial charge on any atom is 0.242 e. The highest BCUT2D eigenvalue weighted by Gasteiger charge is 2.26. The Labute approximate surface area is 176 Å². The highest BCUT2D eigenvalue weighted by Crippen LogP contribution is 2.20. The lowest BCUT2D eigenvalue weighted by atomic mass is 10.1. The molecule has 1 atom stereocenters. The number of hydrogen-bond acceptors (Lipinski definition) is 3. The maximum absolute atomic E-state index is 13.2. The van der Waals surface area contributed by atoms with Gasteiger partial charge < -0.3 is 10.2 Å². The topological polar surface area (TPSA) is 49.4 Å². The first-order valence-electron chi connectivity index (χ1n) is 9.80. The lowest BCUT2D eigenvalue weighted by molar-refractivity contribution is -0.140. The molecule has 2 rings (SSSR count). The Balaban J connectivity index is 2.05. The Morgan fingerprint density at radius 3 is 2.24 bits per heavy atom. The van der Waals surface area contributed by atoms with Crippen LogP contribution in [0.25, 0.3) is 0 Å². The van der Waals surface area contributed by atoms with Gasteiger partial charge in [-0.2, -0.15) is 0 Å². The van der Waals surface area contributed by atoms with Crippen molar-refractivity contribution in [3.05, 3.63) is 65.5 Å². The highest BCUT2D eigenvalue weighted by molar-refractivity contribution is 7.99. The fourth-order valence-corrected chi connectivity index (χ4v) is 3.65. The van der Waals surface area contributed by atoms with Gasteiger partial charge >= 0.3 is 0 Å². The van der Waals surface area contributed by atoms with Gasteiger partial charge in [0.05, 0.1) is 0 Å². The third-order valence-electron chi connectivity index (χ3n) is 4.47. The van der Waals surface area contributed by atoms with Crippen molar-refractivity contribution in [1.29, 1.82) is 0 Å². The quantitative estimate of drug-likeness (QED) is 0.610. The minimum absolute atomic E-state index is 0.00943. The first-order valence-corrected chi connectivity index (χ1v) is 10.8. The number of benzene rings is 2. The molecule has 156 valence electrons. The van der Waals surface area contributed by atoms with E-state index in [4.69, 9.17) is 0 Å². The smallest absolute Gasteiger partial charge is 0.242 e. The maximum atomic E-state index is 13.2. The Hall–Kier alpha value is -2.34. The van der Waals surface area contributed by atoms with E-state index in [2.05, 4.69) is 5.32 Å². The van der Waals surface area contributed by atoms with Crippen molar-refractivity contribution in [3.63, 3.8) is 0 Å². The number of thioether (sulfide) groups is 1. The third kappa shape index (κ3) is 7.54. The summed E-state index contributed by atoms with van der Waals surface area (Å²) in [7, 11) is 0. The average Bonchev–Trinajstić information content (AvgIpc) is 2.68. The zero-order chi connectivity index (χ0) is 21.4. The molecule has 0 saturated heterocycles. The summed E-state index contributed by atoms with van der Waals surface area (Å²) in [4.78, 5) is 28.1. The van der Waals surface area contributed by atoms with Gasteiger partial charge in [-0.1, -0.05) is 29.8 Å². The van der Waals surface area contributed by atoms with Crippen LogP contribution in [0.4, 0.5) is 4.39 Å². The van der Waals surface area contributed by atoms with E-state index in [1.54, 1.807) is 35.7 Å². The predicted octanol–water partition coefficient (Wildman–Crippen LogP) is 4.56. The molecule has 0 fully saturated rings. The SMILES string of the molecule is Cc1ccc(SCCC(=O)N(Cc2ccc(F)cc2)[C@H](C)C(=O)NC(C)C)cc1. The Morgan fingerprint density at radius 1 is 1.03 bits per heavy atom. The molecule has 2 aromatic carbocycles. The molecule has 1 N–H and O–H groups in total. The largest absolute Gasteiger partial charge is 0.352 e. The van der Waals surface area contributed by atoms with Crippen molar-refractivity contribution >= 4 is 23.6 Å². The number of amides is 2. The number of halogens is 1. The van der Waals surface area contributed by atoms with Gasteiger partial charge in [0, 0.05) is 29.7 Å². The Kier molecular flexibility index (Phi) is 8.70. The Bertz CT molecular complexity index is 807. The molecule has 0 aliphatic carbocycles. The number of carbonyl (C=O) groups is 2. The van der Waals surface area contributed by atoms with Gasteiger partial charge in [0.25, 0.3) is 0 Å². The van der Waals surface area contributed by atoms with Crippen molar-refractivity contribution in [1.82, 2.24) is 10.2 Å². The van der Waals surface area contributed by atoms with E-state index in [0.29, 0.717) is 12.2 Å². The molecular formula is C23H29FN2O2S. The van der Waals surface area contributed by atoms with Crippen molar-refractivity contribution in [3.8, 4) is 0 Å². The first kappa shape index (κ1) is 22.9. The van der Waals surface area contributed by atoms with Crippen LogP contribution in [-0.4, -0.2) is 34.6 Å². The Morgan fingerprint density at radius 2 is 1.66 bits per heavy atom. The van der Waals surface area contributed by atoms with Gasteiger partial charge in [-0.15, -0.1) is 11.8 Å². The van der Waals surface area contributed by atoms with E-state index < -0.39 is 6.04 Å². The number of nitrogens with zero attached hydrogens (tertiary/aromatic N) is 1. The number of nitrogens with one attached hydrogen (secondary N) is 1. The van der Waals surface area contributed by atoms with Crippen LogP contribution in [0, 0.1) is 12.7 Å². The fraction of sp³-hybridized carbons (Fsp3) is 0.391. The fourth-order valence-electron chi connectivity index (χ4n) is 2.81. The van der Waals surface area contributed by atoms with E-state index in [1.807, 2.05) is 45.0 Å². The van der Waals surface area contributed by atoms with E-state index in [0.717, 1.165) is 10.5 Å². The summed E-state index contributed by atoms with van der Waals surface area (Å²) in [5.74, 6) is 0.00840. The van der Waals surface area contributed by atoms with Crippen molar-refractivity contribution in [2.45, 2.75) is 57.6 Å². The zero-order valence-corrected chi connectivity index (χ0v) is 18.3. The van der Waals surface area contributed by atoms with Crippen molar-refractivity contribution < 1.29 is 14.0 Å². The molecule has 0 aromatic heterocycles. The standard InChI is InChI=1S/C23H29FN2O2S/c1-16(2)25-23(28)18(4)26(15-19-7-9-20(24)10-8-19)22(27)13-14-29-21-11-5-17(3)6-12-21/h5-12,16,18H,13-15H2,1-4H3,(H,25,28)/t18-/m1/s1. The summed E-state index contributed by atoms with van der Waals surface area (Å²) in [6.45, 7) is 7.80. The van der Waals surface area contributed by atoms with E-state index >= 15 is 0 Å². The summed E-state index contributed by atoms with van der Waals surface area (Å²) in [6, 6.07) is 13.6. The molecule has 6 heteroatoms. The molecule has 29 heavy (non-hydrogen) atoms. The summed E-state index contributed by atoms with van der Waals surface area (Å²) >= 11 is 1.62. The second kappa shape index (κ2) is 11.0. The van der Waals surface area contributed by atoms with Gasteiger partial charge in [0.15, 0.2) is 0 Å². The van der Waals surface area contributed by atoms with Crippen LogP contribution < -0.4 is 5.32 Å². The number of aryl methyl sites for hydroxylation is 1. The first-order chi connectivity index (χ1) is 13.8. The molecule has 0 radical (unpaired) electrons. The van der Waals surface area contributed by atoms with Crippen LogP contribution in [-0.2, 0) is 16.1 Å². The summed E-state index contributed by atoms with van der Waals surface area (Å²) in [6.07, 6.45) is 0.318. The molecule has 2 aromatic rings. The molecule has 0 spiro atoms. The molecule has 0 aliphatic rings. The van der Waals surface area contributed by atoms with E-state index in [9.17, 15) is 14.0 Å². The van der Waals surface area contributed by atoms with E-state index in [1.165, 1.54) is 17.7 Å². The minimum Gasteiger partial charge on any atom is -0.352 e. The zero-order valence-electron chi connectivity index (χ0n) is 17.4. The third-order valence-corrected chi connectivity index (χ3v) is 5.48. The highest BCUT2D eigenvalue weighted by atomic mass is 32.2. The van der Waals surface area contributed by atoms with Gasteiger partial charge in [-0.05, 0) is 57.5 Å². The van der Waals surface area contributed by atoms with Crippen LogP contribution in [0.3, 0.4) is 0 Å². The second-order valence-electron chi connectivity index (χ2n) is 7.40. The molecular weight excluding hydrogens is 387 g/mol. The molecule has 0 saturated carbocycles. The molecule has 0 unspecified atom stereocenters. The molecule has 0 bridgehead atoms. The van der Waals surface area contributed by atoms with Gasteiger partial charge in [-0.3, -0.25) is 9.59 Å². The monoisotopic (exact) mass is 416 g/mol. The van der Waals surface area contributed by atoms with Crippen molar-refractivity contribution in [2.24, 2.45) is 0 Å². The summed E-state index contributed by atoms with van der Waals surface area (Å²) in [5, 5.41) is 2.86. The number of rotatable bonds is 9. The van der Waals surface area contributed by atoms with Crippen molar-refractivity contribution in [2.75, 3.05) is 5.75 Å². The van der Waals surface area contributed by atoms with Crippen LogP contribution >= 0.6 is 11.8 Å². The van der Waals surface area contributed by atoms with Crippen LogP contribution in [0.5, 0.6) is 0 Å². The van der Waals surface area contributed by atoms with E-state index in [-0.39, 0.29) is 30.2 Å². The predicted molar refractivity (Wildman–Crippen MR) is 116 cm³/mol. The lowest BCUT2D eigenvalue weighted by Crippen LogP contribution is -2.49. The van der Waals surface area contributed by atoms with Crippen LogP contribution in [0.15, 0.2) is 53.4 Å². The average molecular weight is 417 g/mol. The van der Waals surface area contributed by atoms with Crippen LogP contribution in [0.2, 0.25) is 0 Å². The minimum atomic E-state index is -0.612. The second-order valence-corrected chi connectivity index (χ2v) is 8.57. The van der Waals surface area contributed by atoms with Gasteiger partial charge in [0.2, 0.25) is 11.8 Å². The molecule has 0 aliphatic heterocycles. The summed E-state index contributed by atoms with van der Waals surface area (Å²) in [5.41, 5.74) is 1.98. The molecule has 0 heterocycles. The molecule has 2 amide bonds.